The van der Waals surface area contributed by atoms with Crippen molar-refractivity contribution in [2.45, 2.75) is 6.92 Å². The van der Waals surface area contributed by atoms with Crippen molar-refractivity contribution < 1.29 is 14.3 Å². The molecule has 0 spiro atoms. The SMILES string of the molecule is CCOC(=O)c1ccc(Br)cc1C(=O)c1ccccc1. The highest BCUT2D eigenvalue weighted by molar-refractivity contribution is 9.10. The van der Waals surface area contributed by atoms with Gasteiger partial charge < -0.3 is 4.74 Å². The van der Waals surface area contributed by atoms with Crippen molar-refractivity contribution in [3.63, 3.8) is 0 Å². The molecule has 102 valence electrons. The molecule has 0 saturated carbocycles. The average molecular weight is 333 g/mol. The molecule has 2 aromatic rings. The second-order valence-electron chi connectivity index (χ2n) is 4.11. The summed E-state index contributed by atoms with van der Waals surface area (Å²) in [5, 5.41) is 0. The molecule has 0 atom stereocenters. The van der Waals surface area contributed by atoms with Gasteiger partial charge in [0.1, 0.15) is 0 Å². The first-order chi connectivity index (χ1) is 9.63. The van der Waals surface area contributed by atoms with Crippen LogP contribution < -0.4 is 0 Å². The maximum atomic E-state index is 12.5. The third kappa shape index (κ3) is 3.14. The number of ketones is 1. The summed E-state index contributed by atoms with van der Waals surface area (Å²) in [7, 11) is 0. The number of carbonyl (C=O) groups is 2. The van der Waals surface area contributed by atoms with Crippen molar-refractivity contribution in [2.75, 3.05) is 6.61 Å². The van der Waals surface area contributed by atoms with E-state index in [0.717, 1.165) is 4.47 Å². The predicted octanol–water partition coefficient (Wildman–Crippen LogP) is 3.86. The monoisotopic (exact) mass is 332 g/mol. The molecular formula is C16H13BrO3. The molecule has 0 N–H and O–H groups in total. The minimum atomic E-state index is -0.487. The summed E-state index contributed by atoms with van der Waals surface area (Å²) >= 11 is 3.32. The zero-order valence-electron chi connectivity index (χ0n) is 10.9. The van der Waals surface area contributed by atoms with E-state index in [1.54, 1.807) is 49.4 Å². The van der Waals surface area contributed by atoms with Gasteiger partial charge in [-0.2, -0.15) is 0 Å². The van der Waals surface area contributed by atoms with Gasteiger partial charge in [-0.05, 0) is 25.1 Å². The zero-order valence-corrected chi connectivity index (χ0v) is 12.5. The van der Waals surface area contributed by atoms with E-state index in [0.29, 0.717) is 11.1 Å². The molecule has 0 unspecified atom stereocenters. The van der Waals surface area contributed by atoms with Gasteiger partial charge in [-0.1, -0.05) is 46.3 Å². The highest BCUT2D eigenvalue weighted by atomic mass is 79.9. The van der Waals surface area contributed by atoms with Crippen LogP contribution in [0.3, 0.4) is 0 Å². The number of esters is 1. The van der Waals surface area contributed by atoms with Crippen LogP contribution in [-0.2, 0) is 4.74 Å². The Morgan fingerprint density at radius 2 is 1.75 bits per heavy atom. The summed E-state index contributed by atoms with van der Waals surface area (Å²) in [6.45, 7) is 2.00. The number of hydrogen-bond donors (Lipinski definition) is 0. The first-order valence-electron chi connectivity index (χ1n) is 6.20. The molecular weight excluding hydrogens is 320 g/mol. The number of benzene rings is 2. The molecule has 20 heavy (non-hydrogen) atoms. The summed E-state index contributed by atoms with van der Waals surface area (Å²) in [5.74, 6) is -0.686. The molecule has 2 rings (SSSR count). The Hall–Kier alpha value is -1.94. The fourth-order valence-electron chi connectivity index (χ4n) is 1.84. The summed E-state index contributed by atoms with van der Waals surface area (Å²) in [4.78, 5) is 24.4. The normalized spacial score (nSPS) is 10.1. The number of ether oxygens (including phenoxy) is 1. The van der Waals surface area contributed by atoms with Gasteiger partial charge in [-0.25, -0.2) is 4.79 Å². The lowest BCUT2D eigenvalue weighted by atomic mass is 9.98. The van der Waals surface area contributed by atoms with Crippen LogP contribution in [0.15, 0.2) is 53.0 Å². The smallest absolute Gasteiger partial charge is 0.338 e. The largest absolute Gasteiger partial charge is 0.462 e. The van der Waals surface area contributed by atoms with Crippen LogP contribution in [0, 0.1) is 0 Å². The Morgan fingerprint density at radius 1 is 1.05 bits per heavy atom. The lowest BCUT2D eigenvalue weighted by Gasteiger charge is -2.09. The third-order valence-electron chi connectivity index (χ3n) is 2.76. The van der Waals surface area contributed by atoms with E-state index in [4.69, 9.17) is 4.74 Å². The quantitative estimate of drug-likeness (QED) is 0.630. The Bertz CT molecular complexity index is 635. The van der Waals surface area contributed by atoms with E-state index >= 15 is 0 Å². The lowest BCUT2D eigenvalue weighted by Crippen LogP contribution is -2.12. The molecule has 4 heteroatoms. The summed E-state index contributed by atoms with van der Waals surface area (Å²) in [5.41, 5.74) is 1.16. The van der Waals surface area contributed by atoms with Crippen molar-refractivity contribution in [3.05, 3.63) is 69.7 Å². The number of halogens is 1. The second kappa shape index (κ2) is 6.48. The van der Waals surface area contributed by atoms with E-state index in [1.807, 2.05) is 6.07 Å². The first-order valence-corrected chi connectivity index (χ1v) is 6.99. The van der Waals surface area contributed by atoms with Crippen LogP contribution in [-0.4, -0.2) is 18.4 Å². The van der Waals surface area contributed by atoms with Gasteiger partial charge >= 0.3 is 5.97 Å². The average Bonchev–Trinajstić information content (AvgIpc) is 2.47. The van der Waals surface area contributed by atoms with E-state index in [2.05, 4.69) is 15.9 Å². The van der Waals surface area contributed by atoms with E-state index < -0.39 is 5.97 Å². The maximum Gasteiger partial charge on any atom is 0.338 e. The lowest BCUT2D eigenvalue weighted by molar-refractivity contribution is 0.0523. The minimum Gasteiger partial charge on any atom is -0.462 e. The van der Waals surface area contributed by atoms with Gasteiger partial charge in [0.2, 0.25) is 0 Å². The number of carbonyl (C=O) groups excluding carboxylic acids is 2. The van der Waals surface area contributed by atoms with Gasteiger partial charge in [0, 0.05) is 15.6 Å². The minimum absolute atomic E-state index is 0.199. The zero-order chi connectivity index (χ0) is 14.5. The molecule has 0 amide bonds. The molecule has 0 aliphatic heterocycles. The third-order valence-corrected chi connectivity index (χ3v) is 3.25. The van der Waals surface area contributed by atoms with Gasteiger partial charge in [0.25, 0.3) is 0 Å². The van der Waals surface area contributed by atoms with Crippen molar-refractivity contribution in [2.24, 2.45) is 0 Å². The van der Waals surface area contributed by atoms with Gasteiger partial charge in [0.05, 0.1) is 12.2 Å². The summed E-state index contributed by atoms with van der Waals surface area (Å²) in [6, 6.07) is 13.8. The van der Waals surface area contributed by atoms with E-state index in [1.165, 1.54) is 0 Å². The van der Waals surface area contributed by atoms with E-state index in [-0.39, 0.29) is 18.0 Å². The van der Waals surface area contributed by atoms with Crippen molar-refractivity contribution in [3.8, 4) is 0 Å². The molecule has 0 aliphatic carbocycles. The molecule has 0 saturated heterocycles. The molecule has 2 aromatic carbocycles. The summed E-state index contributed by atoms with van der Waals surface area (Å²) < 4.78 is 5.73. The van der Waals surface area contributed by atoms with Crippen LogP contribution in [0.2, 0.25) is 0 Å². The fraction of sp³-hybridized carbons (Fsp3) is 0.125. The van der Waals surface area contributed by atoms with Crippen molar-refractivity contribution in [1.82, 2.24) is 0 Å². The molecule has 0 bridgehead atoms. The Kier molecular flexibility index (Phi) is 4.69. The number of hydrogen-bond acceptors (Lipinski definition) is 3. The molecule has 0 aromatic heterocycles. The molecule has 0 aliphatic rings. The molecule has 3 nitrogen and oxygen atoms in total. The summed E-state index contributed by atoms with van der Waals surface area (Å²) in [6.07, 6.45) is 0. The molecule has 0 heterocycles. The van der Waals surface area contributed by atoms with Crippen LogP contribution in [0.1, 0.15) is 33.2 Å². The highest BCUT2D eigenvalue weighted by Crippen LogP contribution is 2.21. The van der Waals surface area contributed by atoms with Crippen LogP contribution in [0.4, 0.5) is 0 Å². The number of rotatable bonds is 4. The first kappa shape index (κ1) is 14.5. The van der Waals surface area contributed by atoms with Gasteiger partial charge in [-0.15, -0.1) is 0 Å². The Labute approximate surface area is 125 Å². The second-order valence-corrected chi connectivity index (χ2v) is 5.02. The predicted molar refractivity (Wildman–Crippen MR) is 80.0 cm³/mol. The van der Waals surface area contributed by atoms with E-state index in [9.17, 15) is 9.59 Å². The van der Waals surface area contributed by atoms with Crippen LogP contribution in [0.5, 0.6) is 0 Å². The Balaban J connectivity index is 2.47. The highest BCUT2D eigenvalue weighted by Gasteiger charge is 2.19. The van der Waals surface area contributed by atoms with Gasteiger partial charge in [0.15, 0.2) is 5.78 Å². The van der Waals surface area contributed by atoms with Crippen LogP contribution >= 0.6 is 15.9 Å². The fourth-order valence-corrected chi connectivity index (χ4v) is 2.20. The van der Waals surface area contributed by atoms with Gasteiger partial charge in [-0.3, -0.25) is 4.79 Å². The molecule has 0 fully saturated rings. The van der Waals surface area contributed by atoms with Crippen LogP contribution in [0.25, 0.3) is 0 Å². The van der Waals surface area contributed by atoms with Crippen molar-refractivity contribution >= 4 is 27.7 Å². The van der Waals surface area contributed by atoms with Crippen molar-refractivity contribution in [1.29, 1.82) is 0 Å². The topological polar surface area (TPSA) is 43.4 Å². The Morgan fingerprint density at radius 3 is 2.40 bits per heavy atom. The molecule has 0 radical (unpaired) electrons. The maximum absolute atomic E-state index is 12.5. The standard InChI is InChI=1S/C16H13BrO3/c1-2-20-16(19)13-9-8-12(17)10-14(13)15(18)11-6-4-3-5-7-11/h3-10H,2H2,1H3.